The van der Waals surface area contributed by atoms with Crippen LogP contribution in [0.5, 0.6) is 0 Å². The van der Waals surface area contributed by atoms with Crippen molar-refractivity contribution in [2.24, 2.45) is 0 Å². The van der Waals surface area contributed by atoms with Gasteiger partial charge >= 0.3 is 0 Å². The zero-order valence-electron chi connectivity index (χ0n) is 8.64. The summed E-state index contributed by atoms with van der Waals surface area (Å²) >= 11 is 3.34. The number of halogens is 1. The monoisotopic (exact) mass is 254 g/mol. The Morgan fingerprint density at radius 3 is 2.36 bits per heavy atom. The van der Waals surface area contributed by atoms with Crippen molar-refractivity contribution in [2.75, 3.05) is 5.33 Å². The van der Waals surface area contributed by atoms with E-state index in [9.17, 15) is 4.79 Å². The van der Waals surface area contributed by atoms with Gasteiger partial charge in [0.05, 0.1) is 0 Å². The van der Waals surface area contributed by atoms with Crippen LogP contribution in [0.3, 0.4) is 0 Å². The van der Waals surface area contributed by atoms with Crippen molar-refractivity contribution in [3.05, 3.63) is 34.9 Å². The first-order chi connectivity index (χ1) is 6.66. The molecule has 0 bridgehead atoms. The Bertz CT molecular complexity index is 311. The molecule has 0 amide bonds. The summed E-state index contributed by atoms with van der Waals surface area (Å²) in [5.41, 5.74) is 3.09. The maximum Gasteiger partial charge on any atom is 0.163 e. The molecule has 14 heavy (non-hydrogen) atoms. The normalized spacial score (nSPS) is 10.2. The van der Waals surface area contributed by atoms with Crippen LogP contribution in [0.4, 0.5) is 0 Å². The molecule has 0 spiro atoms. The fourth-order valence-corrected chi connectivity index (χ4v) is 1.89. The van der Waals surface area contributed by atoms with Gasteiger partial charge in [0, 0.05) is 17.3 Å². The summed E-state index contributed by atoms with van der Waals surface area (Å²) in [7, 11) is 0. The lowest BCUT2D eigenvalue weighted by molar-refractivity contribution is 0.0981. The van der Waals surface area contributed by atoms with Gasteiger partial charge in [0.2, 0.25) is 0 Å². The Kier molecular flexibility index (Phi) is 4.33. The fourth-order valence-electron chi connectivity index (χ4n) is 1.61. The highest BCUT2D eigenvalue weighted by molar-refractivity contribution is 9.09. The zero-order chi connectivity index (χ0) is 10.6. The number of carbonyl (C=O) groups is 1. The second-order valence-corrected chi connectivity index (χ2v) is 4.28. The van der Waals surface area contributed by atoms with E-state index >= 15 is 0 Å². The largest absolute Gasteiger partial charge is 0.294 e. The molecular weight excluding hydrogens is 240 g/mol. The van der Waals surface area contributed by atoms with Crippen molar-refractivity contribution in [3.63, 3.8) is 0 Å². The molecule has 0 heterocycles. The van der Waals surface area contributed by atoms with Crippen LogP contribution in [0.15, 0.2) is 18.2 Å². The third kappa shape index (κ3) is 2.68. The highest BCUT2D eigenvalue weighted by Crippen LogP contribution is 2.16. The molecule has 0 unspecified atom stereocenters. The van der Waals surface area contributed by atoms with Gasteiger partial charge < -0.3 is 0 Å². The molecule has 0 saturated heterocycles. The van der Waals surface area contributed by atoms with Crippen molar-refractivity contribution in [2.45, 2.75) is 26.7 Å². The second kappa shape index (κ2) is 5.30. The quantitative estimate of drug-likeness (QED) is 0.592. The molecule has 0 aliphatic rings. The molecule has 0 N–H and O–H groups in total. The van der Waals surface area contributed by atoms with Gasteiger partial charge in [0.15, 0.2) is 5.78 Å². The number of rotatable bonds is 4. The smallest absolute Gasteiger partial charge is 0.163 e. The first kappa shape index (κ1) is 11.4. The van der Waals surface area contributed by atoms with Gasteiger partial charge in [-0.3, -0.25) is 4.79 Å². The van der Waals surface area contributed by atoms with E-state index in [1.165, 1.54) is 0 Å². The molecule has 0 saturated carbocycles. The second-order valence-electron chi connectivity index (χ2n) is 3.48. The molecule has 1 aromatic rings. The van der Waals surface area contributed by atoms with Crippen LogP contribution in [0.25, 0.3) is 0 Å². The Hall–Kier alpha value is -0.630. The van der Waals surface area contributed by atoms with E-state index in [-0.39, 0.29) is 5.78 Å². The van der Waals surface area contributed by atoms with E-state index in [0.29, 0.717) is 6.42 Å². The maximum absolute atomic E-state index is 11.8. The minimum atomic E-state index is 0.264. The number of ketones is 1. The maximum atomic E-state index is 11.8. The summed E-state index contributed by atoms with van der Waals surface area (Å²) < 4.78 is 0. The summed E-state index contributed by atoms with van der Waals surface area (Å²) in [6.07, 6.45) is 1.55. The van der Waals surface area contributed by atoms with Gasteiger partial charge in [-0.15, -0.1) is 0 Å². The predicted molar refractivity (Wildman–Crippen MR) is 63.3 cm³/mol. The minimum absolute atomic E-state index is 0.264. The van der Waals surface area contributed by atoms with E-state index in [4.69, 9.17) is 0 Å². The van der Waals surface area contributed by atoms with Crippen LogP contribution in [-0.4, -0.2) is 11.1 Å². The number of alkyl halides is 1. The van der Waals surface area contributed by atoms with Gasteiger partial charge in [-0.05, 0) is 31.4 Å². The SMILES string of the molecule is Cc1cccc(C)c1C(=O)CCCBr. The fraction of sp³-hybridized carbons (Fsp3) is 0.417. The van der Waals surface area contributed by atoms with Gasteiger partial charge in [0.25, 0.3) is 0 Å². The third-order valence-corrected chi connectivity index (χ3v) is 2.86. The Balaban J connectivity index is 2.89. The van der Waals surface area contributed by atoms with Gasteiger partial charge in [0.1, 0.15) is 0 Å². The minimum Gasteiger partial charge on any atom is -0.294 e. The number of aryl methyl sites for hydroxylation is 2. The van der Waals surface area contributed by atoms with E-state index < -0.39 is 0 Å². The van der Waals surface area contributed by atoms with Gasteiger partial charge in [-0.1, -0.05) is 34.1 Å². The van der Waals surface area contributed by atoms with E-state index in [1.54, 1.807) is 0 Å². The standard InChI is InChI=1S/C12H15BrO/c1-9-5-3-6-10(2)12(9)11(14)7-4-8-13/h3,5-6H,4,7-8H2,1-2H3. The van der Waals surface area contributed by atoms with Crippen molar-refractivity contribution >= 4 is 21.7 Å². The first-order valence-electron chi connectivity index (χ1n) is 4.82. The molecule has 76 valence electrons. The lowest BCUT2D eigenvalue weighted by Crippen LogP contribution is -2.04. The van der Waals surface area contributed by atoms with Crippen LogP contribution in [0.2, 0.25) is 0 Å². The molecule has 1 aromatic carbocycles. The highest BCUT2D eigenvalue weighted by Gasteiger charge is 2.10. The first-order valence-corrected chi connectivity index (χ1v) is 5.94. The molecule has 1 nitrogen and oxygen atoms in total. The summed E-state index contributed by atoms with van der Waals surface area (Å²) in [6.45, 7) is 3.99. The molecule has 1 rings (SSSR count). The lowest BCUT2D eigenvalue weighted by atomic mass is 9.97. The van der Waals surface area contributed by atoms with Gasteiger partial charge in [-0.25, -0.2) is 0 Å². The van der Waals surface area contributed by atoms with Crippen molar-refractivity contribution < 1.29 is 4.79 Å². The van der Waals surface area contributed by atoms with Crippen molar-refractivity contribution in [1.29, 1.82) is 0 Å². The van der Waals surface area contributed by atoms with E-state index in [1.807, 2.05) is 32.0 Å². The van der Waals surface area contributed by atoms with Crippen LogP contribution in [0, 0.1) is 13.8 Å². The number of benzene rings is 1. The molecule has 2 heteroatoms. The van der Waals surface area contributed by atoms with Crippen molar-refractivity contribution in [1.82, 2.24) is 0 Å². The topological polar surface area (TPSA) is 17.1 Å². The predicted octanol–water partition coefficient (Wildman–Crippen LogP) is 3.66. The lowest BCUT2D eigenvalue weighted by Gasteiger charge is -2.07. The Labute approximate surface area is 93.7 Å². The van der Waals surface area contributed by atoms with Crippen LogP contribution < -0.4 is 0 Å². The van der Waals surface area contributed by atoms with Gasteiger partial charge in [-0.2, -0.15) is 0 Å². The summed E-state index contributed by atoms with van der Waals surface area (Å²) in [5, 5.41) is 0.893. The van der Waals surface area contributed by atoms with Crippen LogP contribution >= 0.6 is 15.9 Å². The van der Waals surface area contributed by atoms with Crippen LogP contribution in [0.1, 0.15) is 34.3 Å². The summed E-state index contributed by atoms with van der Waals surface area (Å²) in [4.78, 5) is 11.8. The third-order valence-electron chi connectivity index (χ3n) is 2.30. The highest BCUT2D eigenvalue weighted by atomic mass is 79.9. The zero-order valence-corrected chi connectivity index (χ0v) is 10.2. The van der Waals surface area contributed by atoms with Crippen molar-refractivity contribution in [3.8, 4) is 0 Å². The van der Waals surface area contributed by atoms with Crippen LogP contribution in [-0.2, 0) is 0 Å². The van der Waals surface area contributed by atoms with E-state index in [2.05, 4.69) is 15.9 Å². The molecular formula is C12H15BrO. The Morgan fingerprint density at radius 1 is 1.29 bits per heavy atom. The summed E-state index contributed by atoms with van der Waals surface area (Å²) in [6, 6.07) is 5.98. The summed E-state index contributed by atoms with van der Waals surface area (Å²) in [5.74, 6) is 0.264. The molecule has 0 aliphatic heterocycles. The average Bonchev–Trinajstić information content (AvgIpc) is 2.14. The molecule has 0 fully saturated rings. The average molecular weight is 255 g/mol. The Morgan fingerprint density at radius 2 is 1.86 bits per heavy atom. The van der Waals surface area contributed by atoms with E-state index in [0.717, 1.165) is 28.4 Å². The number of hydrogen-bond donors (Lipinski definition) is 0. The molecule has 0 aromatic heterocycles. The molecule has 0 atom stereocenters. The number of hydrogen-bond acceptors (Lipinski definition) is 1. The number of Topliss-reactive ketones (excluding diaryl/α,β-unsaturated/α-hetero) is 1. The molecule has 0 aliphatic carbocycles. The molecule has 0 radical (unpaired) electrons. The number of carbonyl (C=O) groups excluding carboxylic acids is 1.